The summed E-state index contributed by atoms with van der Waals surface area (Å²) in [5, 5.41) is 19.8. The molecule has 7 nitrogen and oxygen atoms in total. The van der Waals surface area contributed by atoms with Crippen LogP contribution in [0.25, 0.3) is 10.2 Å². The zero-order chi connectivity index (χ0) is 19.9. The second-order valence-corrected chi connectivity index (χ2v) is 7.59. The van der Waals surface area contributed by atoms with Crippen LogP contribution in [-0.4, -0.2) is 26.6 Å². The summed E-state index contributed by atoms with van der Waals surface area (Å²) in [7, 11) is 0. The minimum absolute atomic E-state index is 0.0988. The number of thiazole rings is 1. The molecule has 144 valence electrons. The van der Waals surface area contributed by atoms with E-state index in [1.165, 1.54) is 17.4 Å². The number of carbonyl (C=O) groups is 1. The van der Waals surface area contributed by atoms with E-state index in [2.05, 4.69) is 26.6 Å². The number of aromatic nitrogens is 3. The SMILES string of the molecule is N#CC1(NC(=O)Cc2nnc(Cc3nc4cc(C(F)(F)F)ccc4s3)o2)CC1. The van der Waals surface area contributed by atoms with E-state index in [1.807, 2.05) is 0 Å². The molecule has 1 aliphatic carbocycles. The fourth-order valence-corrected chi connectivity index (χ4v) is 3.56. The number of alkyl halides is 3. The molecular weight excluding hydrogens is 395 g/mol. The molecule has 2 heterocycles. The Morgan fingerprint density at radius 1 is 1.32 bits per heavy atom. The first kappa shape index (κ1) is 18.4. The third kappa shape index (κ3) is 3.82. The fourth-order valence-electron chi connectivity index (χ4n) is 2.63. The van der Waals surface area contributed by atoms with Gasteiger partial charge in [-0.3, -0.25) is 4.79 Å². The molecule has 3 aromatic rings. The first-order valence-electron chi connectivity index (χ1n) is 8.26. The Hall–Kier alpha value is -3.00. The maximum atomic E-state index is 12.8. The molecule has 0 aliphatic heterocycles. The standard InChI is InChI=1S/C17H12F3N5O2S/c18-17(19,20)9-1-2-11-10(5-9)22-15(28-11)7-14-25-24-13(27-14)6-12(26)23-16(8-21)3-4-16/h1-2,5H,3-4,6-7H2,(H,23,26). The predicted molar refractivity (Wildman–Crippen MR) is 91.2 cm³/mol. The second-order valence-electron chi connectivity index (χ2n) is 6.47. The maximum Gasteiger partial charge on any atom is 0.416 e. The number of nitriles is 1. The third-order valence-corrected chi connectivity index (χ3v) is 5.26. The number of nitrogens with one attached hydrogen (secondary N) is 1. The minimum atomic E-state index is -4.43. The molecule has 0 bridgehead atoms. The summed E-state index contributed by atoms with van der Waals surface area (Å²) in [6, 6.07) is 5.46. The minimum Gasteiger partial charge on any atom is -0.424 e. The summed E-state index contributed by atoms with van der Waals surface area (Å²) in [6.45, 7) is 0. The van der Waals surface area contributed by atoms with Gasteiger partial charge in [0.2, 0.25) is 17.7 Å². The van der Waals surface area contributed by atoms with E-state index >= 15 is 0 Å². The van der Waals surface area contributed by atoms with Crippen LogP contribution in [0.1, 0.15) is 35.2 Å². The van der Waals surface area contributed by atoms with Gasteiger partial charge in [-0.1, -0.05) is 0 Å². The Morgan fingerprint density at radius 3 is 2.75 bits per heavy atom. The average molecular weight is 407 g/mol. The van der Waals surface area contributed by atoms with E-state index in [9.17, 15) is 18.0 Å². The van der Waals surface area contributed by atoms with Gasteiger partial charge in [-0.25, -0.2) is 4.98 Å². The van der Waals surface area contributed by atoms with Crippen LogP contribution in [0, 0.1) is 11.3 Å². The molecule has 1 aromatic carbocycles. The average Bonchev–Trinajstić information content (AvgIpc) is 3.07. The van der Waals surface area contributed by atoms with Gasteiger partial charge in [0.25, 0.3) is 0 Å². The smallest absolute Gasteiger partial charge is 0.416 e. The van der Waals surface area contributed by atoms with Crippen molar-refractivity contribution in [2.75, 3.05) is 0 Å². The highest BCUT2D eigenvalue weighted by Gasteiger charge is 2.44. The molecule has 0 unspecified atom stereocenters. The van der Waals surface area contributed by atoms with Crippen molar-refractivity contribution in [3.05, 3.63) is 40.6 Å². The summed E-state index contributed by atoms with van der Waals surface area (Å²) in [5.74, 6) is -0.0741. The van der Waals surface area contributed by atoms with E-state index in [1.54, 1.807) is 0 Å². The Balaban J connectivity index is 1.43. The first-order valence-corrected chi connectivity index (χ1v) is 9.08. The van der Waals surface area contributed by atoms with E-state index in [4.69, 9.17) is 9.68 Å². The number of nitrogens with zero attached hydrogens (tertiary/aromatic N) is 4. The van der Waals surface area contributed by atoms with Gasteiger partial charge >= 0.3 is 6.18 Å². The van der Waals surface area contributed by atoms with E-state index in [0.717, 1.165) is 12.1 Å². The van der Waals surface area contributed by atoms with Crippen LogP contribution < -0.4 is 5.32 Å². The topological polar surface area (TPSA) is 105 Å². The van der Waals surface area contributed by atoms with Gasteiger partial charge in [-0.2, -0.15) is 18.4 Å². The fraction of sp³-hybridized carbons (Fsp3) is 0.353. The quantitative estimate of drug-likeness (QED) is 0.697. The van der Waals surface area contributed by atoms with Crippen molar-refractivity contribution in [3.8, 4) is 6.07 Å². The lowest BCUT2D eigenvalue weighted by atomic mass is 10.2. The number of carbonyl (C=O) groups excluding carboxylic acids is 1. The van der Waals surface area contributed by atoms with Gasteiger partial charge in [0.05, 0.1) is 28.3 Å². The number of hydrogen-bond donors (Lipinski definition) is 1. The molecule has 28 heavy (non-hydrogen) atoms. The maximum absolute atomic E-state index is 12.8. The Labute approximate surface area is 160 Å². The molecule has 11 heteroatoms. The molecule has 0 saturated heterocycles. The Morgan fingerprint density at radius 2 is 2.07 bits per heavy atom. The van der Waals surface area contributed by atoms with Gasteiger partial charge in [-0.15, -0.1) is 21.5 Å². The number of benzene rings is 1. The molecule has 1 N–H and O–H groups in total. The van der Waals surface area contributed by atoms with E-state index < -0.39 is 17.3 Å². The molecule has 0 radical (unpaired) electrons. The van der Waals surface area contributed by atoms with Crippen LogP contribution in [0.3, 0.4) is 0 Å². The van der Waals surface area contributed by atoms with Crippen molar-refractivity contribution >= 4 is 27.5 Å². The number of amides is 1. The monoisotopic (exact) mass is 407 g/mol. The molecule has 1 fully saturated rings. The summed E-state index contributed by atoms with van der Waals surface area (Å²) >= 11 is 1.23. The largest absolute Gasteiger partial charge is 0.424 e. The number of halogens is 3. The molecule has 1 aliphatic rings. The van der Waals surface area contributed by atoms with Crippen LogP contribution in [0.5, 0.6) is 0 Å². The van der Waals surface area contributed by atoms with Gasteiger partial charge in [0.1, 0.15) is 17.0 Å². The Bertz CT molecular complexity index is 1090. The van der Waals surface area contributed by atoms with Crippen LogP contribution in [0.2, 0.25) is 0 Å². The molecule has 0 atom stereocenters. The molecule has 2 aromatic heterocycles. The van der Waals surface area contributed by atoms with Crippen molar-refractivity contribution in [2.45, 2.75) is 37.4 Å². The third-order valence-electron chi connectivity index (χ3n) is 4.22. The summed E-state index contributed by atoms with van der Waals surface area (Å²) < 4.78 is 44.4. The van der Waals surface area contributed by atoms with Crippen molar-refractivity contribution in [3.63, 3.8) is 0 Å². The highest BCUT2D eigenvalue weighted by Crippen LogP contribution is 2.34. The lowest BCUT2D eigenvalue weighted by molar-refractivity contribution is -0.137. The lowest BCUT2D eigenvalue weighted by Crippen LogP contribution is -2.36. The van der Waals surface area contributed by atoms with Gasteiger partial charge in [-0.05, 0) is 31.0 Å². The number of fused-ring (bicyclic) bond motifs is 1. The van der Waals surface area contributed by atoms with Gasteiger partial charge < -0.3 is 9.73 Å². The molecular formula is C17H12F3N5O2S. The van der Waals surface area contributed by atoms with Gasteiger partial charge in [0.15, 0.2) is 0 Å². The second kappa shape index (κ2) is 6.56. The van der Waals surface area contributed by atoms with Crippen molar-refractivity contribution in [1.82, 2.24) is 20.5 Å². The zero-order valence-corrected chi connectivity index (χ0v) is 15.0. The summed E-state index contributed by atoms with van der Waals surface area (Å²) in [4.78, 5) is 16.1. The zero-order valence-electron chi connectivity index (χ0n) is 14.2. The van der Waals surface area contributed by atoms with Gasteiger partial charge in [0, 0.05) is 0 Å². The predicted octanol–water partition coefficient (Wildman–Crippen LogP) is 3.00. The van der Waals surface area contributed by atoms with Crippen LogP contribution in [0.4, 0.5) is 13.2 Å². The Kier molecular flexibility index (Phi) is 4.30. The lowest BCUT2D eigenvalue weighted by Gasteiger charge is -2.06. The van der Waals surface area contributed by atoms with E-state index in [-0.39, 0.29) is 36.0 Å². The molecule has 1 amide bonds. The van der Waals surface area contributed by atoms with Crippen molar-refractivity contribution in [1.29, 1.82) is 5.26 Å². The highest BCUT2D eigenvalue weighted by molar-refractivity contribution is 7.18. The molecule has 1 saturated carbocycles. The first-order chi connectivity index (χ1) is 13.3. The van der Waals surface area contributed by atoms with E-state index in [0.29, 0.717) is 22.5 Å². The normalized spacial score (nSPS) is 15.4. The van der Waals surface area contributed by atoms with Crippen molar-refractivity contribution in [2.24, 2.45) is 0 Å². The summed E-state index contributed by atoms with van der Waals surface area (Å²) in [5.41, 5.74) is -1.27. The number of rotatable bonds is 5. The van der Waals surface area contributed by atoms with Crippen LogP contribution in [-0.2, 0) is 23.8 Å². The van der Waals surface area contributed by atoms with Crippen LogP contribution in [0.15, 0.2) is 22.6 Å². The molecule has 4 rings (SSSR count). The van der Waals surface area contributed by atoms with Crippen molar-refractivity contribution < 1.29 is 22.4 Å². The summed E-state index contributed by atoms with van der Waals surface area (Å²) in [6.07, 6.45) is -3.18. The number of hydrogen-bond acceptors (Lipinski definition) is 7. The highest BCUT2D eigenvalue weighted by atomic mass is 32.1. The van der Waals surface area contributed by atoms with Crippen LogP contribution >= 0.6 is 11.3 Å². The molecule has 0 spiro atoms.